The van der Waals surface area contributed by atoms with Gasteiger partial charge in [-0.05, 0) is 51.2 Å². The highest BCUT2D eigenvalue weighted by Crippen LogP contribution is 2.61. The van der Waals surface area contributed by atoms with Crippen LogP contribution in [0.25, 0.3) is 0 Å². The summed E-state index contributed by atoms with van der Waals surface area (Å²) < 4.78 is 26.0. The van der Waals surface area contributed by atoms with Crippen LogP contribution in [0.2, 0.25) is 0 Å². The van der Waals surface area contributed by atoms with Gasteiger partial charge in [-0.2, -0.15) is 0 Å². The molecule has 0 spiro atoms. The van der Waals surface area contributed by atoms with Gasteiger partial charge < -0.3 is 19.5 Å². The summed E-state index contributed by atoms with van der Waals surface area (Å²) in [6, 6.07) is 6.89. The number of fused-ring (bicyclic) bond motifs is 2. The number of nitrogens with zero attached hydrogens (tertiary/aromatic N) is 2. The molecule has 0 aromatic heterocycles. The quantitative estimate of drug-likeness (QED) is 0.697. The molecule has 4 fully saturated rings. The third-order valence-corrected chi connectivity index (χ3v) is 9.47. The Labute approximate surface area is 196 Å². The smallest absolute Gasteiger partial charge is 0.310 e. The standard InChI is InChI=1S/C26H37FN2O4/c1-24-9-6-10-25(2,32-3)26(24,31)15-18-19(23(30)33-22(18)16-24)17-28-11-13-29(14-12-28)21-8-5-4-7-20(21)27/h4-5,7-8,18-19,22,31H,6,9-17H2,1-3H3/t18-,19?,22-,24-,25-,26?/m1/s1. The molecule has 2 aliphatic heterocycles. The number of esters is 1. The number of anilines is 1. The van der Waals surface area contributed by atoms with Crippen LogP contribution in [-0.2, 0) is 14.3 Å². The molecule has 6 nitrogen and oxygen atoms in total. The van der Waals surface area contributed by atoms with E-state index in [2.05, 4.69) is 16.7 Å². The van der Waals surface area contributed by atoms with Crippen LogP contribution in [0.3, 0.4) is 0 Å². The molecule has 2 unspecified atom stereocenters. The maximum absolute atomic E-state index is 14.2. The van der Waals surface area contributed by atoms with Gasteiger partial charge in [-0.15, -0.1) is 0 Å². The number of carbonyl (C=O) groups is 1. The minimum absolute atomic E-state index is 0.00672. The van der Waals surface area contributed by atoms with E-state index in [1.807, 2.05) is 19.1 Å². The molecule has 6 atom stereocenters. The van der Waals surface area contributed by atoms with Gasteiger partial charge in [0.25, 0.3) is 0 Å². The van der Waals surface area contributed by atoms with Gasteiger partial charge in [0, 0.05) is 51.2 Å². The number of ether oxygens (including phenoxy) is 2. The van der Waals surface area contributed by atoms with Crippen LogP contribution in [0.15, 0.2) is 24.3 Å². The second kappa shape index (κ2) is 8.21. The number of piperazine rings is 1. The van der Waals surface area contributed by atoms with Gasteiger partial charge in [-0.3, -0.25) is 9.69 Å². The fraction of sp³-hybridized carbons (Fsp3) is 0.731. The molecule has 2 aliphatic carbocycles. The largest absolute Gasteiger partial charge is 0.462 e. The second-order valence-electron chi connectivity index (χ2n) is 11.1. The molecule has 2 heterocycles. The first-order valence-corrected chi connectivity index (χ1v) is 12.4. The molecule has 1 N–H and O–H groups in total. The van der Waals surface area contributed by atoms with E-state index in [0.29, 0.717) is 25.1 Å². The third kappa shape index (κ3) is 3.58. The highest BCUT2D eigenvalue weighted by molar-refractivity contribution is 5.75. The van der Waals surface area contributed by atoms with Crippen molar-refractivity contribution in [2.75, 3.05) is 44.7 Å². The summed E-state index contributed by atoms with van der Waals surface area (Å²) in [5.41, 5.74) is -1.28. The molecule has 7 heteroatoms. The lowest BCUT2D eigenvalue weighted by atomic mass is 9.49. The zero-order chi connectivity index (χ0) is 23.4. The van der Waals surface area contributed by atoms with Crippen LogP contribution < -0.4 is 4.90 Å². The van der Waals surface area contributed by atoms with Crippen molar-refractivity contribution in [1.29, 1.82) is 0 Å². The van der Waals surface area contributed by atoms with Crippen molar-refractivity contribution >= 4 is 11.7 Å². The number of halogens is 1. The van der Waals surface area contributed by atoms with E-state index in [-0.39, 0.29) is 35.1 Å². The first-order chi connectivity index (χ1) is 15.7. The van der Waals surface area contributed by atoms with Crippen LogP contribution in [0, 0.1) is 23.1 Å². The Bertz CT molecular complexity index is 906. The van der Waals surface area contributed by atoms with Crippen molar-refractivity contribution in [1.82, 2.24) is 4.90 Å². The first-order valence-electron chi connectivity index (χ1n) is 12.4. The van der Waals surface area contributed by atoms with Gasteiger partial charge in [0.2, 0.25) is 0 Å². The summed E-state index contributed by atoms with van der Waals surface area (Å²) in [6.07, 6.45) is 3.84. The number of aliphatic hydroxyl groups is 1. The van der Waals surface area contributed by atoms with Crippen LogP contribution in [-0.4, -0.2) is 73.1 Å². The van der Waals surface area contributed by atoms with Crippen molar-refractivity contribution in [2.24, 2.45) is 17.3 Å². The van der Waals surface area contributed by atoms with Gasteiger partial charge in [0.1, 0.15) is 11.9 Å². The Morgan fingerprint density at radius 2 is 1.88 bits per heavy atom. The molecule has 5 rings (SSSR count). The fourth-order valence-electron chi connectivity index (χ4n) is 7.25. The number of rotatable bonds is 4. The summed E-state index contributed by atoms with van der Waals surface area (Å²) in [4.78, 5) is 17.3. The zero-order valence-electron chi connectivity index (χ0n) is 20.1. The van der Waals surface area contributed by atoms with Crippen LogP contribution in [0.1, 0.15) is 46.0 Å². The molecular weight excluding hydrogens is 423 g/mol. The van der Waals surface area contributed by atoms with Crippen molar-refractivity contribution in [3.05, 3.63) is 30.1 Å². The van der Waals surface area contributed by atoms with Gasteiger partial charge in [0.15, 0.2) is 0 Å². The molecule has 0 bridgehead atoms. The van der Waals surface area contributed by atoms with E-state index in [1.165, 1.54) is 6.07 Å². The summed E-state index contributed by atoms with van der Waals surface area (Å²) in [6.45, 7) is 7.78. The number of para-hydroxylation sites is 1. The van der Waals surface area contributed by atoms with Crippen molar-refractivity contribution in [2.45, 2.75) is 63.3 Å². The molecule has 2 saturated heterocycles. The predicted molar refractivity (Wildman–Crippen MR) is 123 cm³/mol. The summed E-state index contributed by atoms with van der Waals surface area (Å²) in [5, 5.41) is 12.1. The molecule has 182 valence electrons. The monoisotopic (exact) mass is 460 g/mol. The minimum Gasteiger partial charge on any atom is -0.462 e. The highest BCUT2D eigenvalue weighted by atomic mass is 19.1. The maximum Gasteiger partial charge on any atom is 0.310 e. The third-order valence-electron chi connectivity index (χ3n) is 9.47. The predicted octanol–water partition coefficient (Wildman–Crippen LogP) is 3.23. The van der Waals surface area contributed by atoms with Gasteiger partial charge in [-0.25, -0.2) is 4.39 Å². The SMILES string of the molecule is CO[C@]1(C)CCC[C@]2(C)C[C@H]3OC(=O)C(CN4CCN(c5ccccc5F)CC4)[C@H]3CC21O. The second-order valence-corrected chi connectivity index (χ2v) is 11.1. The molecule has 33 heavy (non-hydrogen) atoms. The van der Waals surface area contributed by atoms with E-state index in [9.17, 15) is 14.3 Å². The Morgan fingerprint density at radius 3 is 2.58 bits per heavy atom. The lowest BCUT2D eigenvalue weighted by Crippen LogP contribution is -2.69. The topological polar surface area (TPSA) is 62.2 Å². The average molecular weight is 461 g/mol. The van der Waals surface area contributed by atoms with E-state index in [1.54, 1.807) is 13.2 Å². The van der Waals surface area contributed by atoms with Gasteiger partial charge in [0.05, 0.1) is 22.8 Å². The van der Waals surface area contributed by atoms with E-state index in [0.717, 1.165) is 45.4 Å². The van der Waals surface area contributed by atoms with Gasteiger partial charge >= 0.3 is 5.97 Å². The molecule has 2 saturated carbocycles. The Kier molecular flexibility index (Phi) is 5.73. The number of hydrogen-bond acceptors (Lipinski definition) is 6. The minimum atomic E-state index is -0.982. The van der Waals surface area contributed by atoms with Crippen LogP contribution in [0.4, 0.5) is 10.1 Å². The van der Waals surface area contributed by atoms with Crippen molar-refractivity contribution < 1.29 is 23.8 Å². The Balaban J connectivity index is 1.29. The lowest BCUT2D eigenvalue weighted by molar-refractivity contribution is -0.270. The summed E-state index contributed by atoms with van der Waals surface area (Å²) in [7, 11) is 1.69. The zero-order valence-corrected chi connectivity index (χ0v) is 20.1. The maximum atomic E-state index is 14.2. The first kappa shape index (κ1) is 23.1. The van der Waals surface area contributed by atoms with Crippen LogP contribution >= 0.6 is 0 Å². The number of methoxy groups -OCH3 is 1. The molecule has 1 aromatic carbocycles. The van der Waals surface area contributed by atoms with E-state index >= 15 is 0 Å². The normalized spacial score (nSPS) is 41.4. The van der Waals surface area contributed by atoms with E-state index < -0.39 is 11.2 Å². The Hall–Kier alpha value is -1.70. The highest BCUT2D eigenvalue weighted by Gasteiger charge is 2.67. The lowest BCUT2D eigenvalue weighted by Gasteiger charge is -2.62. The molecule has 0 amide bonds. The molecular formula is C26H37FN2O4. The number of carbonyl (C=O) groups excluding carboxylic acids is 1. The van der Waals surface area contributed by atoms with Gasteiger partial charge in [-0.1, -0.05) is 19.1 Å². The number of benzene rings is 1. The molecule has 1 aromatic rings. The fourth-order valence-corrected chi connectivity index (χ4v) is 7.25. The number of hydrogen-bond donors (Lipinski definition) is 1. The van der Waals surface area contributed by atoms with Crippen molar-refractivity contribution in [3.8, 4) is 0 Å². The summed E-state index contributed by atoms with van der Waals surface area (Å²) >= 11 is 0. The molecule has 4 aliphatic rings. The summed E-state index contributed by atoms with van der Waals surface area (Å²) in [5.74, 6) is -0.578. The van der Waals surface area contributed by atoms with E-state index in [4.69, 9.17) is 9.47 Å². The van der Waals surface area contributed by atoms with Crippen LogP contribution in [0.5, 0.6) is 0 Å². The molecule has 0 radical (unpaired) electrons. The average Bonchev–Trinajstić information content (AvgIpc) is 3.07. The van der Waals surface area contributed by atoms with Crippen molar-refractivity contribution in [3.63, 3.8) is 0 Å². The Morgan fingerprint density at radius 1 is 1.15 bits per heavy atom.